The summed E-state index contributed by atoms with van der Waals surface area (Å²) in [7, 11) is 0. The average Bonchev–Trinajstić information content (AvgIpc) is 3.34. The van der Waals surface area contributed by atoms with Crippen molar-refractivity contribution in [2.45, 2.75) is 229 Å². The maximum absolute atomic E-state index is 14.8. The molecule has 418 valence electrons. The first-order valence-corrected chi connectivity index (χ1v) is 26.6. The van der Waals surface area contributed by atoms with Crippen LogP contribution in [0.1, 0.15) is 113 Å². The molecule has 26 unspecified atom stereocenters. The number of rotatable bonds is 10. The Balaban J connectivity index is 0.968. The molecule has 0 bridgehead atoms. The molecule has 26 atom stereocenters. The molecule has 21 nitrogen and oxygen atoms in total. The van der Waals surface area contributed by atoms with Crippen LogP contribution in [-0.2, 0) is 42.7 Å². The summed E-state index contributed by atoms with van der Waals surface area (Å²) in [6.45, 7) is 14.0. The second kappa shape index (κ2) is 20.3. The second-order valence-corrected chi connectivity index (χ2v) is 25.4. The van der Waals surface area contributed by atoms with Gasteiger partial charge in [-0.3, -0.25) is 4.79 Å². The Hall–Kier alpha value is -1.55. The highest BCUT2D eigenvalue weighted by molar-refractivity contribution is 5.79. The number of fused-ring (bicyclic) bond motifs is 7. The first-order valence-electron chi connectivity index (χ1n) is 26.6. The number of carbonyl (C=O) groups excluding carboxylic acids is 1. The van der Waals surface area contributed by atoms with Gasteiger partial charge < -0.3 is 99.2 Å². The summed E-state index contributed by atoms with van der Waals surface area (Å²) in [4.78, 5) is 14.8. The molecule has 4 saturated carbocycles. The maximum atomic E-state index is 14.8. The van der Waals surface area contributed by atoms with Crippen molar-refractivity contribution in [2.75, 3.05) is 26.4 Å². The molecular weight excluding hydrogens is 961 g/mol. The lowest BCUT2D eigenvalue weighted by Crippen LogP contribution is -2.67. The predicted octanol–water partition coefficient (Wildman–Crippen LogP) is -0.757. The van der Waals surface area contributed by atoms with Gasteiger partial charge in [-0.05, 0) is 109 Å². The van der Waals surface area contributed by atoms with Crippen molar-refractivity contribution in [1.82, 2.24) is 0 Å². The number of ether oxygens (including phenoxy) is 8. The Morgan fingerprint density at radius 2 is 1.16 bits per heavy atom. The molecule has 4 saturated heterocycles. The van der Waals surface area contributed by atoms with Gasteiger partial charge in [0.25, 0.3) is 0 Å². The van der Waals surface area contributed by atoms with Crippen molar-refractivity contribution >= 4 is 5.97 Å². The number of allylic oxidation sites excluding steroid dienone is 2. The number of carbonyl (C=O) groups is 1. The highest BCUT2D eigenvalue weighted by Crippen LogP contribution is 2.76. The van der Waals surface area contributed by atoms with Crippen molar-refractivity contribution in [2.24, 2.45) is 50.2 Å². The average molecular weight is 1050 g/mol. The van der Waals surface area contributed by atoms with Crippen LogP contribution in [0.3, 0.4) is 0 Å². The SMILES string of the molecule is CC1(C)CCC2(C(=O)OC3OC(CO)C(O)C(O)C3O)CCC3(C)C(=CCC4C5(C)CCC(OC6OCC(O)C(OC7OC(CO)C(O)C(O)C7O)C6OC6OCC(O)C(O)C6O)C(C)(C)C5CCC43C)C2C1. The molecule has 0 radical (unpaired) electrons. The number of hydrogen-bond acceptors (Lipinski definition) is 21. The third-order valence-electron chi connectivity index (χ3n) is 20.6. The first-order chi connectivity index (χ1) is 34.2. The van der Waals surface area contributed by atoms with Gasteiger partial charge in [0.1, 0.15) is 85.5 Å². The van der Waals surface area contributed by atoms with Crippen molar-refractivity contribution < 1.29 is 104 Å². The summed E-state index contributed by atoms with van der Waals surface area (Å²) in [6.07, 6.45) is -18.8. The van der Waals surface area contributed by atoms with Crippen LogP contribution < -0.4 is 0 Å². The van der Waals surface area contributed by atoms with E-state index < -0.39 is 153 Å². The van der Waals surface area contributed by atoms with Crippen LogP contribution in [0.2, 0.25) is 0 Å². The molecule has 9 rings (SSSR count). The van der Waals surface area contributed by atoms with E-state index in [1.807, 2.05) is 0 Å². The fourth-order valence-electron chi connectivity index (χ4n) is 16.0. The molecule has 0 amide bonds. The highest BCUT2D eigenvalue weighted by Gasteiger charge is 2.70. The standard InChI is InChI=1S/C52H84O21/c1-47(2)14-16-52(46(65)73-44-39(64)36(61)34(59)28(20-54)69-44)17-15-50(6)23(24(52)18-47)8-9-30-49(5)12-11-31(48(3,4)29(49)10-13-51(30,50)7)70-45-41(72-42-37(62)32(57)25(55)21-66-42)40(26(56)22-67-45)71-43-38(63)35(60)33(58)27(19-53)68-43/h8,24-45,53-64H,9-22H2,1-7H3. The van der Waals surface area contributed by atoms with Gasteiger partial charge >= 0.3 is 5.97 Å². The lowest BCUT2D eigenvalue weighted by molar-refractivity contribution is -0.384. The zero-order valence-corrected chi connectivity index (χ0v) is 43.2. The lowest BCUT2D eigenvalue weighted by atomic mass is 9.33. The van der Waals surface area contributed by atoms with Crippen LogP contribution in [-0.4, -0.2) is 210 Å². The second-order valence-electron chi connectivity index (χ2n) is 25.4. The molecule has 0 aromatic heterocycles. The van der Waals surface area contributed by atoms with Crippen molar-refractivity contribution in [3.8, 4) is 0 Å². The molecular formula is C52H84O21. The van der Waals surface area contributed by atoms with Gasteiger partial charge in [0.15, 0.2) is 18.9 Å². The summed E-state index contributed by atoms with van der Waals surface area (Å²) >= 11 is 0. The molecule has 8 fully saturated rings. The van der Waals surface area contributed by atoms with Crippen LogP contribution in [0.15, 0.2) is 11.6 Å². The highest BCUT2D eigenvalue weighted by atomic mass is 16.8. The molecule has 9 aliphatic rings. The van der Waals surface area contributed by atoms with E-state index >= 15 is 0 Å². The minimum Gasteiger partial charge on any atom is -0.432 e. The Morgan fingerprint density at radius 3 is 1.82 bits per heavy atom. The Kier molecular flexibility index (Phi) is 15.6. The van der Waals surface area contributed by atoms with Gasteiger partial charge in [-0.25, -0.2) is 0 Å². The summed E-state index contributed by atoms with van der Waals surface area (Å²) in [5, 5.41) is 127. The van der Waals surface area contributed by atoms with Crippen LogP contribution in [0.4, 0.5) is 0 Å². The predicted molar refractivity (Wildman–Crippen MR) is 251 cm³/mol. The van der Waals surface area contributed by atoms with Crippen LogP contribution in [0.25, 0.3) is 0 Å². The Bertz CT molecular complexity index is 2000. The van der Waals surface area contributed by atoms with Gasteiger partial charge in [-0.2, -0.15) is 0 Å². The monoisotopic (exact) mass is 1040 g/mol. The van der Waals surface area contributed by atoms with E-state index in [4.69, 9.17) is 37.9 Å². The maximum Gasteiger partial charge on any atom is 0.315 e. The van der Waals surface area contributed by atoms with E-state index in [9.17, 15) is 66.1 Å². The fraction of sp³-hybridized carbons (Fsp3) is 0.942. The topological polar surface area (TPSA) is 334 Å². The number of hydrogen-bond donors (Lipinski definition) is 12. The quantitative estimate of drug-likeness (QED) is 0.0727. The molecule has 4 heterocycles. The van der Waals surface area contributed by atoms with Gasteiger partial charge in [0.2, 0.25) is 6.29 Å². The number of aliphatic hydroxyl groups is 12. The van der Waals surface area contributed by atoms with Crippen molar-refractivity contribution in [3.63, 3.8) is 0 Å². The van der Waals surface area contributed by atoms with E-state index in [1.165, 1.54) is 5.57 Å². The van der Waals surface area contributed by atoms with Crippen molar-refractivity contribution in [1.29, 1.82) is 0 Å². The van der Waals surface area contributed by atoms with E-state index in [2.05, 4.69) is 54.5 Å². The summed E-state index contributed by atoms with van der Waals surface area (Å²) in [6, 6.07) is 0. The van der Waals surface area contributed by atoms with E-state index in [0.29, 0.717) is 19.3 Å². The number of esters is 1. The largest absolute Gasteiger partial charge is 0.432 e. The summed E-state index contributed by atoms with van der Waals surface area (Å²) in [5.41, 5.74) is -0.886. The van der Waals surface area contributed by atoms with Crippen LogP contribution in [0, 0.1) is 50.2 Å². The van der Waals surface area contributed by atoms with Crippen molar-refractivity contribution in [3.05, 3.63) is 11.6 Å². The van der Waals surface area contributed by atoms with E-state index in [1.54, 1.807) is 0 Å². The molecule has 0 aromatic carbocycles. The molecule has 73 heavy (non-hydrogen) atoms. The normalized spacial score (nSPS) is 53.7. The third kappa shape index (κ3) is 9.20. The molecule has 12 N–H and O–H groups in total. The van der Waals surface area contributed by atoms with E-state index in [0.717, 1.165) is 44.9 Å². The molecule has 21 heteroatoms. The van der Waals surface area contributed by atoms with Gasteiger partial charge in [-0.1, -0.05) is 60.1 Å². The van der Waals surface area contributed by atoms with Crippen LogP contribution in [0.5, 0.6) is 0 Å². The smallest absolute Gasteiger partial charge is 0.315 e. The van der Waals surface area contributed by atoms with Gasteiger partial charge in [-0.15, -0.1) is 0 Å². The minimum absolute atomic E-state index is 0.0796. The fourth-order valence-corrected chi connectivity index (χ4v) is 16.0. The summed E-state index contributed by atoms with van der Waals surface area (Å²) < 4.78 is 48.6. The third-order valence-corrected chi connectivity index (χ3v) is 20.6. The van der Waals surface area contributed by atoms with Gasteiger partial charge in [0, 0.05) is 0 Å². The molecule has 4 aliphatic heterocycles. The molecule has 0 aromatic rings. The first kappa shape index (κ1) is 56.2. The number of aliphatic hydroxyl groups excluding tert-OH is 12. The Morgan fingerprint density at radius 1 is 0.589 bits per heavy atom. The van der Waals surface area contributed by atoms with Gasteiger partial charge in [0.05, 0.1) is 37.9 Å². The summed E-state index contributed by atoms with van der Waals surface area (Å²) in [5.74, 6) is -0.298. The van der Waals surface area contributed by atoms with E-state index in [-0.39, 0.29) is 46.0 Å². The zero-order valence-electron chi connectivity index (χ0n) is 43.2. The lowest BCUT2D eigenvalue weighted by Gasteiger charge is -2.71. The molecule has 0 spiro atoms. The zero-order chi connectivity index (χ0) is 53.1. The van der Waals surface area contributed by atoms with Crippen LogP contribution >= 0.6 is 0 Å². The minimum atomic E-state index is -1.83. The molecule has 5 aliphatic carbocycles. The Labute approximate surface area is 426 Å².